The quantitative estimate of drug-likeness (QED) is 0.777. The highest BCUT2D eigenvalue weighted by molar-refractivity contribution is 5.00. The molecule has 0 atom stereocenters. The van der Waals surface area contributed by atoms with Crippen LogP contribution in [0.1, 0.15) is 84.0 Å². The van der Waals surface area contributed by atoms with Crippen LogP contribution in [0.3, 0.4) is 0 Å². The molecule has 4 rings (SSSR count). The van der Waals surface area contributed by atoms with E-state index in [0.717, 1.165) is 0 Å². The monoisotopic (exact) mass is 278 g/mol. The summed E-state index contributed by atoms with van der Waals surface area (Å²) in [6, 6.07) is 0. The molecule has 0 radical (unpaired) electrons. The summed E-state index contributed by atoms with van der Waals surface area (Å²) in [4.78, 5) is 2.69. The van der Waals surface area contributed by atoms with Gasteiger partial charge in [0, 0.05) is 17.6 Å². The number of hydrogen-bond donors (Lipinski definition) is 1. The molecule has 2 aliphatic heterocycles. The molecule has 0 bridgehead atoms. The molecule has 2 nitrogen and oxygen atoms in total. The van der Waals surface area contributed by atoms with Crippen LogP contribution in [-0.4, -0.2) is 35.6 Å². The third-order valence-corrected chi connectivity index (χ3v) is 6.60. The Kier molecular flexibility index (Phi) is 4.72. The number of hydrogen-bond acceptors (Lipinski definition) is 2. The summed E-state index contributed by atoms with van der Waals surface area (Å²) in [5.74, 6) is 0. The standard InChI is InChI=1S/C10H19N.C8H15N/c1-2-11-9-8-10(11)6-4-3-5-7-10;1-2-4-8(5-3-1)6-7-9-8/h2-9H2,1H3;9H,1-7H2. The fraction of sp³-hybridized carbons (Fsp3) is 1.00. The van der Waals surface area contributed by atoms with Crippen molar-refractivity contribution in [1.82, 2.24) is 10.2 Å². The largest absolute Gasteiger partial charge is 0.311 e. The van der Waals surface area contributed by atoms with E-state index in [-0.39, 0.29) is 0 Å². The molecule has 0 unspecified atom stereocenters. The van der Waals surface area contributed by atoms with Crippen molar-refractivity contribution in [3.05, 3.63) is 0 Å². The van der Waals surface area contributed by atoms with E-state index in [1.807, 2.05) is 0 Å². The van der Waals surface area contributed by atoms with Crippen LogP contribution in [0.4, 0.5) is 0 Å². The molecule has 2 heteroatoms. The van der Waals surface area contributed by atoms with Crippen molar-refractivity contribution in [1.29, 1.82) is 0 Å². The Morgan fingerprint density at radius 3 is 1.75 bits per heavy atom. The summed E-state index contributed by atoms with van der Waals surface area (Å²) in [5, 5.41) is 3.56. The molecular weight excluding hydrogens is 244 g/mol. The van der Waals surface area contributed by atoms with Gasteiger partial charge in [0.25, 0.3) is 0 Å². The van der Waals surface area contributed by atoms with Gasteiger partial charge in [0.15, 0.2) is 0 Å². The van der Waals surface area contributed by atoms with Gasteiger partial charge < -0.3 is 5.32 Å². The van der Waals surface area contributed by atoms with Gasteiger partial charge in [-0.2, -0.15) is 0 Å². The van der Waals surface area contributed by atoms with E-state index in [0.29, 0.717) is 11.1 Å². The van der Waals surface area contributed by atoms with Gasteiger partial charge in [0.2, 0.25) is 0 Å². The molecule has 116 valence electrons. The third-order valence-electron chi connectivity index (χ3n) is 6.60. The van der Waals surface area contributed by atoms with Crippen molar-refractivity contribution in [2.24, 2.45) is 0 Å². The smallest absolute Gasteiger partial charge is 0.0221 e. The van der Waals surface area contributed by atoms with Gasteiger partial charge >= 0.3 is 0 Å². The minimum atomic E-state index is 0.651. The van der Waals surface area contributed by atoms with Gasteiger partial charge in [-0.05, 0) is 51.6 Å². The van der Waals surface area contributed by atoms with Crippen LogP contribution in [0, 0.1) is 0 Å². The molecule has 1 N–H and O–H groups in total. The Morgan fingerprint density at radius 1 is 0.800 bits per heavy atom. The Bertz CT molecular complexity index is 293. The van der Waals surface area contributed by atoms with E-state index < -0.39 is 0 Å². The van der Waals surface area contributed by atoms with E-state index in [2.05, 4.69) is 17.1 Å². The first-order valence-corrected chi connectivity index (χ1v) is 9.29. The van der Waals surface area contributed by atoms with Crippen LogP contribution in [0.2, 0.25) is 0 Å². The van der Waals surface area contributed by atoms with E-state index in [9.17, 15) is 0 Å². The van der Waals surface area contributed by atoms with E-state index in [1.165, 1.54) is 96.7 Å². The second-order valence-corrected chi connectivity index (χ2v) is 7.63. The number of nitrogens with one attached hydrogen (secondary N) is 1. The maximum atomic E-state index is 3.56. The predicted octanol–water partition coefficient (Wildman–Crippen LogP) is 4.10. The van der Waals surface area contributed by atoms with E-state index in [4.69, 9.17) is 0 Å². The van der Waals surface area contributed by atoms with Gasteiger partial charge in [-0.25, -0.2) is 0 Å². The first-order valence-electron chi connectivity index (χ1n) is 9.29. The number of rotatable bonds is 1. The lowest BCUT2D eigenvalue weighted by molar-refractivity contribution is -0.0374. The van der Waals surface area contributed by atoms with Crippen molar-refractivity contribution in [3.8, 4) is 0 Å². The van der Waals surface area contributed by atoms with Crippen molar-refractivity contribution in [3.63, 3.8) is 0 Å². The van der Waals surface area contributed by atoms with Gasteiger partial charge in [0.05, 0.1) is 0 Å². The highest BCUT2D eigenvalue weighted by atomic mass is 15.3. The van der Waals surface area contributed by atoms with Crippen molar-refractivity contribution in [2.45, 2.75) is 95.1 Å². The number of likely N-dealkylation sites (tertiary alicyclic amines) is 1. The summed E-state index contributed by atoms with van der Waals surface area (Å²) in [6.45, 7) is 6.23. The fourth-order valence-electron chi connectivity index (χ4n) is 4.99. The van der Waals surface area contributed by atoms with Gasteiger partial charge in [0.1, 0.15) is 0 Å². The topological polar surface area (TPSA) is 15.3 Å². The average Bonchev–Trinajstić information content (AvgIpc) is 2.47. The zero-order chi connectivity index (χ0) is 13.9. The molecule has 2 saturated heterocycles. The molecule has 0 amide bonds. The van der Waals surface area contributed by atoms with E-state index in [1.54, 1.807) is 0 Å². The van der Waals surface area contributed by atoms with Crippen LogP contribution < -0.4 is 5.32 Å². The van der Waals surface area contributed by atoms with Crippen molar-refractivity contribution in [2.75, 3.05) is 19.6 Å². The Morgan fingerprint density at radius 2 is 1.40 bits per heavy atom. The zero-order valence-electron chi connectivity index (χ0n) is 13.6. The highest BCUT2D eigenvalue weighted by Crippen LogP contribution is 2.42. The highest BCUT2D eigenvalue weighted by Gasteiger charge is 2.43. The van der Waals surface area contributed by atoms with Crippen LogP contribution in [0.5, 0.6) is 0 Å². The zero-order valence-corrected chi connectivity index (χ0v) is 13.6. The summed E-state index contributed by atoms with van der Waals surface area (Å²) in [7, 11) is 0. The minimum absolute atomic E-state index is 0.651. The van der Waals surface area contributed by atoms with Gasteiger partial charge in [-0.15, -0.1) is 0 Å². The summed E-state index contributed by atoms with van der Waals surface area (Å²) >= 11 is 0. The Balaban J connectivity index is 0.000000123. The summed E-state index contributed by atoms with van der Waals surface area (Å²) in [6.07, 6.45) is 17.7. The average molecular weight is 278 g/mol. The Hall–Kier alpha value is -0.0800. The second kappa shape index (κ2) is 6.36. The Labute approximate surface area is 125 Å². The summed E-state index contributed by atoms with van der Waals surface area (Å²) in [5.41, 5.74) is 1.35. The molecule has 4 fully saturated rings. The maximum Gasteiger partial charge on any atom is 0.0221 e. The lowest BCUT2D eigenvalue weighted by Gasteiger charge is -2.55. The van der Waals surface area contributed by atoms with Crippen molar-refractivity contribution < 1.29 is 0 Å². The summed E-state index contributed by atoms with van der Waals surface area (Å²) < 4.78 is 0. The predicted molar refractivity (Wildman–Crippen MR) is 86.1 cm³/mol. The van der Waals surface area contributed by atoms with Crippen molar-refractivity contribution >= 4 is 0 Å². The normalized spacial score (nSPS) is 31.1. The second-order valence-electron chi connectivity index (χ2n) is 7.63. The fourth-order valence-corrected chi connectivity index (χ4v) is 4.99. The maximum absolute atomic E-state index is 3.56. The van der Waals surface area contributed by atoms with E-state index >= 15 is 0 Å². The van der Waals surface area contributed by atoms with Gasteiger partial charge in [-0.3, -0.25) is 4.90 Å². The SMILES string of the molecule is C1CCC2(CC1)CCN2.CCN1CCC12CCCCC2. The molecule has 4 aliphatic rings. The first kappa shape index (κ1) is 14.8. The van der Waals surface area contributed by atoms with Gasteiger partial charge in [-0.1, -0.05) is 45.4 Å². The van der Waals surface area contributed by atoms with Crippen LogP contribution >= 0.6 is 0 Å². The minimum Gasteiger partial charge on any atom is -0.311 e. The third kappa shape index (κ3) is 2.92. The van der Waals surface area contributed by atoms with Crippen LogP contribution in [0.15, 0.2) is 0 Å². The number of nitrogens with zero attached hydrogens (tertiary/aromatic N) is 1. The lowest BCUT2D eigenvalue weighted by Crippen LogP contribution is -2.60. The molecule has 2 heterocycles. The molecule has 0 aromatic rings. The first-order chi connectivity index (χ1) is 9.79. The molecule has 0 aromatic carbocycles. The molecule has 20 heavy (non-hydrogen) atoms. The van der Waals surface area contributed by atoms with Crippen LogP contribution in [-0.2, 0) is 0 Å². The molecular formula is C18H34N2. The molecule has 2 saturated carbocycles. The lowest BCUT2D eigenvalue weighted by atomic mass is 9.73. The molecule has 2 aliphatic carbocycles. The molecule has 0 aromatic heterocycles. The van der Waals surface area contributed by atoms with Crippen LogP contribution in [0.25, 0.3) is 0 Å². The molecule has 2 spiro atoms.